The maximum atomic E-state index is 5.59. The summed E-state index contributed by atoms with van der Waals surface area (Å²) in [6, 6.07) is 1.80. The summed E-state index contributed by atoms with van der Waals surface area (Å²) >= 11 is 0. The fourth-order valence-electron chi connectivity index (χ4n) is 1.41. The second-order valence-electron chi connectivity index (χ2n) is 3.18. The molecule has 2 heterocycles. The monoisotopic (exact) mass is 164 g/mol. The Kier molecular flexibility index (Phi) is 1.64. The van der Waals surface area contributed by atoms with Crippen LogP contribution in [-0.2, 0) is 6.42 Å². The van der Waals surface area contributed by atoms with Crippen LogP contribution in [0.5, 0.6) is 5.75 Å². The second-order valence-corrected chi connectivity index (χ2v) is 3.18. The lowest BCUT2D eigenvalue weighted by atomic mass is 10.1. The van der Waals surface area contributed by atoms with Crippen LogP contribution in [0.1, 0.15) is 18.9 Å². The number of hydrogen-bond donors (Lipinski definition) is 1. The number of aryl methyl sites for hydroxylation is 1. The molecule has 0 aliphatic carbocycles. The quantitative estimate of drug-likeness (QED) is 0.630. The molecule has 0 amide bonds. The van der Waals surface area contributed by atoms with Gasteiger partial charge in [-0.05, 0) is 19.8 Å². The van der Waals surface area contributed by atoms with Gasteiger partial charge >= 0.3 is 0 Å². The number of ether oxygens (including phenoxy) is 1. The standard InChI is InChI=1S/C9H12N2O/c1-6-2-3-7-5-11-9(10)4-8(7)12-6/h4-6H,2-3H2,1H3,(H2,10,11). The number of aromatic nitrogens is 1. The number of nitrogens with two attached hydrogens (primary N) is 1. The summed E-state index contributed by atoms with van der Waals surface area (Å²) in [6.07, 6.45) is 4.22. The van der Waals surface area contributed by atoms with E-state index in [0.29, 0.717) is 11.9 Å². The SMILES string of the molecule is CC1CCc2cnc(N)cc2O1. The van der Waals surface area contributed by atoms with Crippen molar-refractivity contribution in [1.82, 2.24) is 4.98 Å². The van der Waals surface area contributed by atoms with Crippen LogP contribution in [0, 0.1) is 0 Å². The third-order valence-corrected chi connectivity index (χ3v) is 2.11. The van der Waals surface area contributed by atoms with Crippen LogP contribution in [0.25, 0.3) is 0 Å². The first-order chi connectivity index (χ1) is 5.75. The first kappa shape index (κ1) is 7.40. The molecule has 0 radical (unpaired) electrons. The van der Waals surface area contributed by atoms with E-state index in [2.05, 4.69) is 11.9 Å². The van der Waals surface area contributed by atoms with Gasteiger partial charge in [-0.25, -0.2) is 4.98 Å². The Bertz CT molecular complexity index is 299. The van der Waals surface area contributed by atoms with Gasteiger partial charge in [0, 0.05) is 17.8 Å². The van der Waals surface area contributed by atoms with Gasteiger partial charge in [-0.1, -0.05) is 0 Å². The first-order valence-corrected chi connectivity index (χ1v) is 4.17. The molecule has 0 aromatic carbocycles. The highest BCUT2D eigenvalue weighted by Gasteiger charge is 2.15. The number of pyridine rings is 1. The van der Waals surface area contributed by atoms with Crippen LogP contribution in [0.3, 0.4) is 0 Å². The Morgan fingerprint density at radius 3 is 3.33 bits per heavy atom. The molecule has 1 aliphatic rings. The minimum atomic E-state index is 0.305. The van der Waals surface area contributed by atoms with Crippen molar-refractivity contribution >= 4 is 5.82 Å². The first-order valence-electron chi connectivity index (χ1n) is 4.17. The van der Waals surface area contributed by atoms with Crippen LogP contribution >= 0.6 is 0 Å². The van der Waals surface area contributed by atoms with Gasteiger partial charge in [0.1, 0.15) is 11.6 Å². The maximum Gasteiger partial charge on any atom is 0.128 e. The van der Waals surface area contributed by atoms with E-state index in [1.807, 2.05) is 0 Å². The Morgan fingerprint density at radius 1 is 1.67 bits per heavy atom. The molecule has 0 fully saturated rings. The van der Waals surface area contributed by atoms with Gasteiger partial charge in [0.2, 0.25) is 0 Å². The lowest BCUT2D eigenvalue weighted by molar-refractivity contribution is 0.192. The lowest BCUT2D eigenvalue weighted by Gasteiger charge is -2.22. The summed E-state index contributed by atoms with van der Waals surface area (Å²) < 4.78 is 5.59. The number of nitrogens with zero attached hydrogens (tertiary/aromatic N) is 1. The Balaban J connectivity index is 2.37. The van der Waals surface area contributed by atoms with Crippen molar-refractivity contribution in [2.24, 2.45) is 0 Å². The highest BCUT2D eigenvalue weighted by molar-refractivity contribution is 5.42. The highest BCUT2D eigenvalue weighted by atomic mass is 16.5. The van der Waals surface area contributed by atoms with Crippen molar-refractivity contribution in [1.29, 1.82) is 0 Å². The van der Waals surface area contributed by atoms with Crippen LogP contribution in [0.2, 0.25) is 0 Å². The average molecular weight is 164 g/mol. The van der Waals surface area contributed by atoms with E-state index < -0.39 is 0 Å². The molecule has 2 N–H and O–H groups in total. The minimum Gasteiger partial charge on any atom is -0.490 e. The normalized spacial score (nSPS) is 21.2. The van der Waals surface area contributed by atoms with E-state index >= 15 is 0 Å². The van der Waals surface area contributed by atoms with Crippen molar-refractivity contribution < 1.29 is 4.74 Å². The topological polar surface area (TPSA) is 48.1 Å². The zero-order valence-electron chi connectivity index (χ0n) is 7.08. The van der Waals surface area contributed by atoms with E-state index in [0.717, 1.165) is 18.6 Å². The third-order valence-electron chi connectivity index (χ3n) is 2.11. The van der Waals surface area contributed by atoms with Gasteiger partial charge < -0.3 is 10.5 Å². The zero-order chi connectivity index (χ0) is 8.55. The summed E-state index contributed by atoms with van der Waals surface area (Å²) in [5, 5.41) is 0. The molecule has 0 bridgehead atoms. The molecule has 1 aliphatic heterocycles. The molecule has 3 heteroatoms. The highest BCUT2D eigenvalue weighted by Crippen LogP contribution is 2.27. The van der Waals surface area contributed by atoms with Crippen molar-refractivity contribution in [3.05, 3.63) is 17.8 Å². The van der Waals surface area contributed by atoms with E-state index in [1.165, 1.54) is 5.56 Å². The smallest absolute Gasteiger partial charge is 0.128 e. The van der Waals surface area contributed by atoms with Gasteiger partial charge in [0.15, 0.2) is 0 Å². The van der Waals surface area contributed by atoms with E-state index in [1.54, 1.807) is 12.3 Å². The lowest BCUT2D eigenvalue weighted by Crippen LogP contribution is -2.19. The molecule has 2 rings (SSSR count). The van der Waals surface area contributed by atoms with Gasteiger partial charge in [0.25, 0.3) is 0 Å². The van der Waals surface area contributed by atoms with Crippen molar-refractivity contribution in [3.63, 3.8) is 0 Å². The predicted molar refractivity (Wildman–Crippen MR) is 47.1 cm³/mol. The molecule has 0 saturated carbocycles. The van der Waals surface area contributed by atoms with Gasteiger partial charge in [-0.3, -0.25) is 0 Å². The molecule has 1 atom stereocenters. The summed E-state index contributed by atoms with van der Waals surface area (Å²) in [5.41, 5.74) is 6.70. The largest absolute Gasteiger partial charge is 0.490 e. The Labute approximate surface area is 71.6 Å². The molecule has 12 heavy (non-hydrogen) atoms. The van der Waals surface area contributed by atoms with Gasteiger partial charge in [-0.2, -0.15) is 0 Å². The third kappa shape index (κ3) is 1.22. The fourth-order valence-corrected chi connectivity index (χ4v) is 1.41. The van der Waals surface area contributed by atoms with Gasteiger partial charge in [0.05, 0.1) is 6.10 Å². The van der Waals surface area contributed by atoms with E-state index in [4.69, 9.17) is 10.5 Å². The van der Waals surface area contributed by atoms with Crippen molar-refractivity contribution in [2.75, 3.05) is 5.73 Å². The molecule has 0 spiro atoms. The number of anilines is 1. The van der Waals surface area contributed by atoms with Gasteiger partial charge in [-0.15, -0.1) is 0 Å². The number of rotatable bonds is 0. The summed E-state index contributed by atoms with van der Waals surface area (Å²) in [7, 11) is 0. The van der Waals surface area contributed by atoms with Crippen LogP contribution in [0.4, 0.5) is 5.82 Å². The van der Waals surface area contributed by atoms with Crippen LogP contribution in [0.15, 0.2) is 12.3 Å². The molecule has 1 unspecified atom stereocenters. The molecule has 1 aromatic heterocycles. The van der Waals surface area contributed by atoms with Crippen molar-refractivity contribution in [3.8, 4) is 5.75 Å². The number of nitrogen functional groups attached to an aromatic ring is 1. The second kappa shape index (κ2) is 2.66. The fraction of sp³-hybridized carbons (Fsp3) is 0.444. The zero-order valence-corrected chi connectivity index (χ0v) is 7.08. The molecular formula is C9H12N2O. The van der Waals surface area contributed by atoms with Crippen molar-refractivity contribution in [2.45, 2.75) is 25.9 Å². The molecule has 3 nitrogen and oxygen atoms in total. The molecule has 0 saturated heterocycles. The van der Waals surface area contributed by atoms with E-state index in [9.17, 15) is 0 Å². The Morgan fingerprint density at radius 2 is 2.50 bits per heavy atom. The Hall–Kier alpha value is -1.25. The number of hydrogen-bond acceptors (Lipinski definition) is 3. The summed E-state index contributed by atoms with van der Waals surface area (Å²) in [4.78, 5) is 4.02. The number of fused-ring (bicyclic) bond motifs is 1. The average Bonchev–Trinajstić information content (AvgIpc) is 2.03. The molecule has 64 valence electrons. The summed E-state index contributed by atoms with van der Waals surface area (Å²) in [5.74, 6) is 1.43. The van der Waals surface area contributed by atoms with E-state index in [-0.39, 0.29) is 0 Å². The molecular weight excluding hydrogens is 152 g/mol. The summed E-state index contributed by atoms with van der Waals surface area (Å²) in [6.45, 7) is 2.07. The maximum absolute atomic E-state index is 5.59. The predicted octanol–water partition coefficient (Wildman–Crippen LogP) is 1.38. The molecule has 1 aromatic rings. The van der Waals surface area contributed by atoms with Crippen LogP contribution in [-0.4, -0.2) is 11.1 Å². The minimum absolute atomic E-state index is 0.305. The van der Waals surface area contributed by atoms with Crippen LogP contribution < -0.4 is 10.5 Å².